The number of benzene rings is 2. The smallest absolute Gasteiger partial charge is 0.255 e. The SMILES string of the molecule is CC(C)CCNC(=O)c1ccc(C(=O)Nc2ccccc2N2CCOCC2)cc1. The van der Waals surface area contributed by atoms with Gasteiger partial charge in [-0.25, -0.2) is 0 Å². The predicted octanol–water partition coefficient (Wildman–Crippen LogP) is 3.55. The highest BCUT2D eigenvalue weighted by Crippen LogP contribution is 2.26. The van der Waals surface area contributed by atoms with Crippen LogP contribution in [0, 0.1) is 5.92 Å². The first-order chi connectivity index (χ1) is 14.0. The van der Waals surface area contributed by atoms with Crippen LogP contribution in [0.3, 0.4) is 0 Å². The molecule has 0 bridgehead atoms. The van der Waals surface area contributed by atoms with Gasteiger partial charge in [-0.05, 0) is 48.7 Å². The van der Waals surface area contributed by atoms with Crippen molar-refractivity contribution in [3.63, 3.8) is 0 Å². The second-order valence-corrected chi connectivity index (χ2v) is 7.59. The molecule has 0 aromatic heterocycles. The maximum Gasteiger partial charge on any atom is 0.255 e. The van der Waals surface area contributed by atoms with Gasteiger partial charge >= 0.3 is 0 Å². The van der Waals surface area contributed by atoms with Gasteiger partial charge in [-0.1, -0.05) is 26.0 Å². The first-order valence-electron chi connectivity index (χ1n) is 10.2. The van der Waals surface area contributed by atoms with Gasteiger partial charge < -0.3 is 20.3 Å². The van der Waals surface area contributed by atoms with Gasteiger partial charge in [0.15, 0.2) is 0 Å². The van der Waals surface area contributed by atoms with Crippen LogP contribution < -0.4 is 15.5 Å². The van der Waals surface area contributed by atoms with Crippen molar-refractivity contribution >= 4 is 23.2 Å². The molecule has 1 aliphatic rings. The lowest BCUT2D eigenvalue weighted by molar-refractivity contribution is 0.0950. The molecule has 0 saturated carbocycles. The molecule has 2 aromatic carbocycles. The normalized spacial score (nSPS) is 14.0. The minimum atomic E-state index is -0.197. The fraction of sp³-hybridized carbons (Fsp3) is 0.391. The van der Waals surface area contributed by atoms with Gasteiger partial charge in [0, 0.05) is 30.8 Å². The van der Waals surface area contributed by atoms with E-state index in [1.165, 1.54) is 0 Å². The number of hydrogen-bond acceptors (Lipinski definition) is 4. The van der Waals surface area contributed by atoms with Gasteiger partial charge in [0.05, 0.1) is 24.6 Å². The summed E-state index contributed by atoms with van der Waals surface area (Å²) in [7, 11) is 0. The molecule has 1 aliphatic heterocycles. The Bertz CT molecular complexity index is 828. The minimum Gasteiger partial charge on any atom is -0.378 e. The maximum atomic E-state index is 12.7. The van der Waals surface area contributed by atoms with Gasteiger partial charge in [0.1, 0.15) is 0 Å². The van der Waals surface area contributed by atoms with Crippen LogP contribution in [0.1, 0.15) is 41.0 Å². The molecule has 0 aliphatic carbocycles. The Morgan fingerprint density at radius 1 is 0.966 bits per heavy atom. The summed E-state index contributed by atoms with van der Waals surface area (Å²) in [5.74, 6) is 0.231. The lowest BCUT2D eigenvalue weighted by Crippen LogP contribution is -2.36. The average Bonchev–Trinajstić information content (AvgIpc) is 2.74. The number of para-hydroxylation sites is 2. The van der Waals surface area contributed by atoms with Crippen LogP contribution in [-0.4, -0.2) is 44.7 Å². The number of morpholine rings is 1. The van der Waals surface area contributed by atoms with Gasteiger partial charge in [-0.3, -0.25) is 9.59 Å². The molecule has 29 heavy (non-hydrogen) atoms. The fourth-order valence-electron chi connectivity index (χ4n) is 3.20. The van der Waals surface area contributed by atoms with Crippen LogP contribution >= 0.6 is 0 Å². The number of nitrogens with one attached hydrogen (secondary N) is 2. The summed E-state index contributed by atoms with van der Waals surface area (Å²) in [6.45, 7) is 7.86. The highest BCUT2D eigenvalue weighted by Gasteiger charge is 2.16. The van der Waals surface area contributed by atoms with Gasteiger partial charge in [-0.15, -0.1) is 0 Å². The molecule has 0 spiro atoms. The molecule has 154 valence electrons. The van der Waals surface area contributed by atoms with Crippen molar-refractivity contribution in [3.8, 4) is 0 Å². The zero-order valence-electron chi connectivity index (χ0n) is 17.1. The molecule has 2 amide bonds. The molecular weight excluding hydrogens is 366 g/mol. The summed E-state index contributed by atoms with van der Waals surface area (Å²) >= 11 is 0. The van der Waals surface area contributed by atoms with E-state index in [-0.39, 0.29) is 11.8 Å². The monoisotopic (exact) mass is 395 g/mol. The van der Waals surface area contributed by atoms with Crippen molar-refractivity contribution in [2.24, 2.45) is 5.92 Å². The fourth-order valence-corrected chi connectivity index (χ4v) is 3.20. The molecular formula is C23H29N3O3. The van der Waals surface area contributed by atoms with E-state index in [4.69, 9.17) is 4.74 Å². The van der Waals surface area contributed by atoms with Crippen LogP contribution in [0.5, 0.6) is 0 Å². The summed E-state index contributed by atoms with van der Waals surface area (Å²) in [5, 5.41) is 5.90. The van der Waals surface area contributed by atoms with E-state index in [2.05, 4.69) is 29.4 Å². The molecule has 1 heterocycles. The summed E-state index contributed by atoms with van der Waals surface area (Å²) in [4.78, 5) is 27.1. The van der Waals surface area contributed by atoms with Crippen LogP contribution in [-0.2, 0) is 4.74 Å². The molecule has 2 aromatic rings. The number of anilines is 2. The Labute approximate surface area is 172 Å². The number of hydrogen-bond donors (Lipinski definition) is 2. The molecule has 2 N–H and O–H groups in total. The van der Waals surface area contributed by atoms with Crippen molar-refractivity contribution in [3.05, 3.63) is 59.7 Å². The molecule has 6 nitrogen and oxygen atoms in total. The number of rotatable bonds is 7. The number of ether oxygens (including phenoxy) is 1. The molecule has 0 atom stereocenters. The zero-order valence-corrected chi connectivity index (χ0v) is 17.1. The van der Waals surface area contributed by atoms with Crippen molar-refractivity contribution in [2.75, 3.05) is 43.1 Å². The second-order valence-electron chi connectivity index (χ2n) is 7.59. The molecule has 1 saturated heterocycles. The molecule has 0 radical (unpaired) electrons. The van der Waals surface area contributed by atoms with Crippen LogP contribution in [0.15, 0.2) is 48.5 Å². The maximum absolute atomic E-state index is 12.7. The van der Waals surface area contributed by atoms with E-state index in [0.717, 1.165) is 30.9 Å². The van der Waals surface area contributed by atoms with E-state index < -0.39 is 0 Å². The van der Waals surface area contributed by atoms with Crippen LogP contribution in [0.2, 0.25) is 0 Å². The molecule has 6 heteroatoms. The van der Waals surface area contributed by atoms with Crippen molar-refractivity contribution < 1.29 is 14.3 Å². The van der Waals surface area contributed by atoms with Crippen LogP contribution in [0.4, 0.5) is 11.4 Å². The van der Waals surface area contributed by atoms with Gasteiger partial charge in [0.2, 0.25) is 0 Å². The van der Waals surface area contributed by atoms with E-state index in [1.54, 1.807) is 24.3 Å². The molecule has 1 fully saturated rings. The topological polar surface area (TPSA) is 70.7 Å². The van der Waals surface area contributed by atoms with Crippen molar-refractivity contribution in [2.45, 2.75) is 20.3 Å². The highest BCUT2D eigenvalue weighted by atomic mass is 16.5. The quantitative estimate of drug-likeness (QED) is 0.752. The van der Waals surface area contributed by atoms with E-state index in [9.17, 15) is 9.59 Å². The Morgan fingerprint density at radius 3 is 2.24 bits per heavy atom. The van der Waals surface area contributed by atoms with Gasteiger partial charge in [-0.2, -0.15) is 0 Å². The summed E-state index contributed by atoms with van der Waals surface area (Å²) in [5.41, 5.74) is 2.83. The highest BCUT2D eigenvalue weighted by molar-refractivity contribution is 6.06. The van der Waals surface area contributed by atoms with E-state index >= 15 is 0 Å². The van der Waals surface area contributed by atoms with Crippen molar-refractivity contribution in [1.82, 2.24) is 5.32 Å². The van der Waals surface area contributed by atoms with Gasteiger partial charge in [0.25, 0.3) is 11.8 Å². The summed E-state index contributed by atoms with van der Waals surface area (Å²) in [6, 6.07) is 14.5. The molecule has 0 unspecified atom stereocenters. The predicted molar refractivity (Wildman–Crippen MR) is 116 cm³/mol. The number of nitrogens with zero attached hydrogens (tertiary/aromatic N) is 1. The third-order valence-electron chi connectivity index (χ3n) is 4.92. The largest absolute Gasteiger partial charge is 0.378 e. The Hall–Kier alpha value is -2.86. The number of carbonyl (C=O) groups excluding carboxylic acids is 2. The average molecular weight is 396 g/mol. The van der Waals surface area contributed by atoms with E-state index in [0.29, 0.717) is 36.8 Å². The summed E-state index contributed by atoms with van der Waals surface area (Å²) in [6.07, 6.45) is 0.939. The first-order valence-corrected chi connectivity index (χ1v) is 10.2. The van der Waals surface area contributed by atoms with E-state index in [1.807, 2.05) is 24.3 Å². The summed E-state index contributed by atoms with van der Waals surface area (Å²) < 4.78 is 5.42. The second kappa shape index (κ2) is 10.1. The van der Waals surface area contributed by atoms with Crippen molar-refractivity contribution in [1.29, 1.82) is 0 Å². The Balaban J connectivity index is 1.63. The first kappa shape index (κ1) is 20.9. The minimum absolute atomic E-state index is 0.115. The third kappa shape index (κ3) is 5.81. The third-order valence-corrected chi connectivity index (χ3v) is 4.92. The Kier molecular flexibility index (Phi) is 7.25. The lowest BCUT2D eigenvalue weighted by Gasteiger charge is -2.30. The lowest BCUT2D eigenvalue weighted by atomic mass is 10.1. The number of carbonyl (C=O) groups is 2. The Morgan fingerprint density at radius 2 is 1.59 bits per heavy atom. The number of amides is 2. The standard InChI is InChI=1S/C23H29N3O3/c1-17(2)11-12-24-22(27)18-7-9-19(10-8-18)23(28)25-20-5-3-4-6-21(20)26-13-15-29-16-14-26/h3-10,17H,11-16H2,1-2H3,(H,24,27)(H,25,28). The zero-order chi connectivity index (χ0) is 20.6. The molecule has 3 rings (SSSR count). The van der Waals surface area contributed by atoms with Crippen LogP contribution in [0.25, 0.3) is 0 Å².